The molecule has 0 fully saturated rings. The van der Waals surface area contributed by atoms with Gasteiger partial charge in [-0.25, -0.2) is 0 Å². The Morgan fingerprint density at radius 3 is 2.60 bits per heavy atom. The van der Waals surface area contributed by atoms with Crippen LogP contribution in [0.2, 0.25) is 0 Å². The van der Waals surface area contributed by atoms with Crippen LogP contribution in [0, 0.1) is 6.92 Å². The molecule has 100 valence electrons. The van der Waals surface area contributed by atoms with Crippen LogP contribution in [0.3, 0.4) is 0 Å². The molecule has 0 spiro atoms. The summed E-state index contributed by atoms with van der Waals surface area (Å²) in [5.41, 5.74) is 4.70. The van der Waals surface area contributed by atoms with Crippen LogP contribution < -0.4 is 4.74 Å². The number of aromatic amines is 1. The van der Waals surface area contributed by atoms with E-state index in [0.29, 0.717) is 11.3 Å². The van der Waals surface area contributed by atoms with Crippen molar-refractivity contribution in [2.75, 3.05) is 7.11 Å². The number of hydrogen-bond donors (Lipinski definition) is 1. The maximum Gasteiger partial charge on any atom is 0.153 e. The zero-order valence-electron chi connectivity index (χ0n) is 11.4. The second-order valence-electron chi connectivity index (χ2n) is 4.72. The molecule has 1 aromatic heterocycles. The van der Waals surface area contributed by atoms with Gasteiger partial charge in [0.25, 0.3) is 0 Å². The second-order valence-corrected chi connectivity index (χ2v) is 4.72. The summed E-state index contributed by atoms with van der Waals surface area (Å²) in [6.07, 6.45) is 0.820. The molecule has 0 unspecified atom stereocenters. The summed E-state index contributed by atoms with van der Waals surface area (Å²) >= 11 is 0. The monoisotopic (exact) mass is 265 g/mol. The van der Waals surface area contributed by atoms with Crippen LogP contribution in [-0.4, -0.2) is 18.4 Å². The number of methoxy groups -OCH3 is 1. The number of nitrogens with one attached hydrogen (secondary N) is 1. The van der Waals surface area contributed by atoms with E-state index in [1.165, 1.54) is 5.39 Å². The van der Waals surface area contributed by atoms with Crippen molar-refractivity contribution in [1.29, 1.82) is 0 Å². The first-order valence-corrected chi connectivity index (χ1v) is 6.46. The SMILES string of the molecule is COc1c(C=O)cccc1-c1[nH]c2ccccc2c1C. The van der Waals surface area contributed by atoms with E-state index < -0.39 is 0 Å². The lowest BCUT2D eigenvalue weighted by atomic mass is 10.0. The van der Waals surface area contributed by atoms with E-state index in [1.54, 1.807) is 13.2 Å². The van der Waals surface area contributed by atoms with E-state index in [1.807, 2.05) is 30.3 Å². The Labute approximate surface area is 117 Å². The van der Waals surface area contributed by atoms with E-state index in [0.717, 1.165) is 28.6 Å². The summed E-state index contributed by atoms with van der Waals surface area (Å²) in [6, 6.07) is 13.7. The number of para-hydroxylation sites is 2. The summed E-state index contributed by atoms with van der Waals surface area (Å²) in [5.74, 6) is 0.608. The molecule has 0 radical (unpaired) electrons. The summed E-state index contributed by atoms with van der Waals surface area (Å²) in [5, 5.41) is 1.18. The Kier molecular flexibility index (Phi) is 3.03. The number of rotatable bonds is 3. The van der Waals surface area contributed by atoms with Gasteiger partial charge in [0, 0.05) is 16.5 Å². The lowest BCUT2D eigenvalue weighted by Crippen LogP contribution is -1.94. The molecule has 0 aliphatic rings. The van der Waals surface area contributed by atoms with Crippen molar-refractivity contribution in [2.45, 2.75) is 6.92 Å². The molecule has 0 amide bonds. The number of hydrogen-bond acceptors (Lipinski definition) is 2. The molecule has 3 rings (SSSR count). The van der Waals surface area contributed by atoms with Gasteiger partial charge in [-0.1, -0.05) is 24.3 Å². The van der Waals surface area contributed by atoms with Gasteiger partial charge in [0.1, 0.15) is 5.75 Å². The fourth-order valence-electron chi connectivity index (χ4n) is 2.62. The zero-order valence-corrected chi connectivity index (χ0v) is 11.4. The molecule has 0 atom stereocenters. The number of aryl methyl sites for hydroxylation is 1. The van der Waals surface area contributed by atoms with E-state index in [9.17, 15) is 4.79 Å². The van der Waals surface area contributed by atoms with Crippen LogP contribution in [0.4, 0.5) is 0 Å². The summed E-state index contributed by atoms with van der Waals surface area (Å²) in [6.45, 7) is 2.07. The molecule has 3 heteroatoms. The fourth-order valence-corrected chi connectivity index (χ4v) is 2.62. The van der Waals surface area contributed by atoms with Crippen molar-refractivity contribution >= 4 is 17.2 Å². The second kappa shape index (κ2) is 4.85. The minimum absolute atomic E-state index is 0.558. The van der Waals surface area contributed by atoms with Crippen molar-refractivity contribution in [3.63, 3.8) is 0 Å². The zero-order chi connectivity index (χ0) is 14.1. The topological polar surface area (TPSA) is 42.1 Å². The van der Waals surface area contributed by atoms with Gasteiger partial charge in [-0.3, -0.25) is 4.79 Å². The lowest BCUT2D eigenvalue weighted by Gasteiger charge is -2.10. The first-order valence-electron chi connectivity index (χ1n) is 6.46. The molecule has 0 aliphatic heterocycles. The van der Waals surface area contributed by atoms with Crippen LogP contribution in [0.5, 0.6) is 5.75 Å². The van der Waals surface area contributed by atoms with Gasteiger partial charge in [0.15, 0.2) is 6.29 Å². The van der Waals surface area contributed by atoms with E-state index in [-0.39, 0.29) is 0 Å². The Hall–Kier alpha value is -2.55. The van der Waals surface area contributed by atoms with Crippen LogP contribution in [0.25, 0.3) is 22.2 Å². The third-order valence-corrected chi connectivity index (χ3v) is 3.61. The van der Waals surface area contributed by atoms with E-state index in [2.05, 4.69) is 18.0 Å². The van der Waals surface area contributed by atoms with Gasteiger partial charge in [-0.15, -0.1) is 0 Å². The van der Waals surface area contributed by atoms with Crippen LogP contribution in [0.15, 0.2) is 42.5 Å². The van der Waals surface area contributed by atoms with E-state index in [4.69, 9.17) is 4.74 Å². The molecular formula is C17H15NO2. The number of carbonyl (C=O) groups excluding carboxylic acids is 1. The molecule has 2 aromatic carbocycles. The minimum atomic E-state index is 0.558. The maximum atomic E-state index is 11.1. The first kappa shape index (κ1) is 12.5. The number of carbonyl (C=O) groups is 1. The van der Waals surface area contributed by atoms with Crippen molar-refractivity contribution in [2.24, 2.45) is 0 Å². The largest absolute Gasteiger partial charge is 0.495 e. The molecule has 3 aromatic rings. The van der Waals surface area contributed by atoms with Crippen LogP contribution in [0.1, 0.15) is 15.9 Å². The molecule has 0 saturated carbocycles. The Bertz CT molecular complexity index is 787. The number of aromatic nitrogens is 1. The summed E-state index contributed by atoms with van der Waals surface area (Å²) < 4.78 is 5.42. The Morgan fingerprint density at radius 1 is 1.10 bits per heavy atom. The number of H-pyrrole nitrogens is 1. The quantitative estimate of drug-likeness (QED) is 0.728. The van der Waals surface area contributed by atoms with E-state index >= 15 is 0 Å². The normalized spacial score (nSPS) is 10.7. The maximum absolute atomic E-state index is 11.1. The fraction of sp³-hybridized carbons (Fsp3) is 0.118. The third kappa shape index (κ3) is 1.79. The van der Waals surface area contributed by atoms with Gasteiger partial charge < -0.3 is 9.72 Å². The number of ether oxygens (including phenoxy) is 1. The molecule has 0 aliphatic carbocycles. The summed E-state index contributed by atoms with van der Waals surface area (Å²) in [4.78, 5) is 14.5. The number of benzene rings is 2. The molecule has 0 saturated heterocycles. The predicted molar refractivity (Wildman–Crippen MR) is 80.4 cm³/mol. The highest BCUT2D eigenvalue weighted by atomic mass is 16.5. The van der Waals surface area contributed by atoms with Crippen molar-refractivity contribution in [1.82, 2.24) is 4.98 Å². The van der Waals surface area contributed by atoms with Gasteiger partial charge in [0.05, 0.1) is 18.4 Å². The number of aldehydes is 1. The Balaban J connectivity index is 2.31. The average molecular weight is 265 g/mol. The first-order chi connectivity index (χ1) is 9.76. The lowest BCUT2D eigenvalue weighted by molar-refractivity contribution is 0.112. The van der Waals surface area contributed by atoms with Crippen molar-refractivity contribution in [3.05, 3.63) is 53.6 Å². The standard InChI is InChI=1S/C17H15NO2/c1-11-13-7-3-4-9-15(13)18-16(11)14-8-5-6-12(10-19)17(14)20-2/h3-10,18H,1-2H3. The highest BCUT2D eigenvalue weighted by Crippen LogP contribution is 2.36. The predicted octanol–water partition coefficient (Wildman–Crippen LogP) is 3.96. The van der Waals surface area contributed by atoms with Gasteiger partial charge in [-0.05, 0) is 30.7 Å². The van der Waals surface area contributed by atoms with Crippen molar-refractivity contribution < 1.29 is 9.53 Å². The molecular weight excluding hydrogens is 250 g/mol. The molecule has 1 N–H and O–H groups in total. The third-order valence-electron chi connectivity index (χ3n) is 3.61. The van der Waals surface area contributed by atoms with Crippen molar-refractivity contribution in [3.8, 4) is 17.0 Å². The van der Waals surface area contributed by atoms with Crippen LogP contribution >= 0.6 is 0 Å². The Morgan fingerprint density at radius 2 is 1.90 bits per heavy atom. The minimum Gasteiger partial charge on any atom is -0.495 e. The molecule has 1 heterocycles. The molecule has 20 heavy (non-hydrogen) atoms. The number of fused-ring (bicyclic) bond motifs is 1. The van der Waals surface area contributed by atoms with Crippen LogP contribution in [-0.2, 0) is 0 Å². The van der Waals surface area contributed by atoms with Gasteiger partial charge in [0.2, 0.25) is 0 Å². The summed E-state index contributed by atoms with van der Waals surface area (Å²) in [7, 11) is 1.59. The smallest absolute Gasteiger partial charge is 0.153 e. The highest BCUT2D eigenvalue weighted by molar-refractivity contribution is 5.93. The molecule has 0 bridgehead atoms. The highest BCUT2D eigenvalue weighted by Gasteiger charge is 2.15. The molecule has 3 nitrogen and oxygen atoms in total. The average Bonchev–Trinajstić information content (AvgIpc) is 2.83. The van der Waals surface area contributed by atoms with Gasteiger partial charge >= 0.3 is 0 Å². The van der Waals surface area contributed by atoms with Gasteiger partial charge in [-0.2, -0.15) is 0 Å².